The largest absolute Gasteiger partial charge is 0.482 e. The Balaban J connectivity index is 1.90. The molecule has 2 rings (SSSR count). The van der Waals surface area contributed by atoms with Crippen molar-refractivity contribution in [3.63, 3.8) is 0 Å². The molecule has 0 fully saturated rings. The molecule has 2 aromatic carbocycles. The first kappa shape index (κ1) is 19.8. The van der Waals surface area contributed by atoms with E-state index in [-0.39, 0.29) is 17.6 Å². The van der Waals surface area contributed by atoms with Crippen molar-refractivity contribution in [1.82, 2.24) is 0 Å². The average molecular weight is 360 g/mol. The summed E-state index contributed by atoms with van der Waals surface area (Å²) in [6, 6.07) is 17.7. The van der Waals surface area contributed by atoms with Crippen LogP contribution in [0.2, 0.25) is 0 Å². The Hall–Kier alpha value is -3.57. The standard InChI is InChI=1S/C22H20N2O3/c1-22(2,3)18-6-10-19(11-7-18)26-15-21(25)27-20-8-4-16(5-9-20)12-17(13-23)14-24/h4-12H,15H2,1-3H3. The van der Waals surface area contributed by atoms with Gasteiger partial charge in [0, 0.05) is 0 Å². The number of carbonyl (C=O) groups is 1. The van der Waals surface area contributed by atoms with Crippen LogP contribution < -0.4 is 9.47 Å². The number of allylic oxidation sites excluding steroid dienone is 1. The van der Waals surface area contributed by atoms with E-state index in [9.17, 15) is 4.79 Å². The van der Waals surface area contributed by atoms with Crippen LogP contribution in [0.3, 0.4) is 0 Å². The molecule has 0 atom stereocenters. The van der Waals surface area contributed by atoms with E-state index in [0.29, 0.717) is 17.1 Å². The first-order valence-corrected chi connectivity index (χ1v) is 8.38. The summed E-state index contributed by atoms with van der Waals surface area (Å²) in [6.07, 6.45) is 1.45. The van der Waals surface area contributed by atoms with Gasteiger partial charge in [-0.1, -0.05) is 45.0 Å². The maximum absolute atomic E-state index is 11.9. The Morgan fingerprint density at radius 3 is 2.04 bits per heavy atom. The lowest BCUT2D eigenvalue weighted by molar-refractivity contribution is -0.136. The molecule has 0 aliphatic heterocycles. The van der Waals surface area contributed by atoms with Gasteiger partial charge in [-0.25, -0.2) is 4.79 Å². The van der Waals surface area contributed by atoms with Gasteiger partial charge in [0.05, 0.1) is 0 Å². The molecule has 0 bridgehead atoms. The predicted molar refractivity (Wildman–Crippen MR) is 102 cm³/mol. The van der Waals surface area contributed by atoms with Crippen LogP contribution in [0.25, 0.3) is 6.08 Å². The molecule has 0 radical (unpaired) electrons. The zero-order valence-electron chi connectivity index (χ0n) is 15.5. The van der Waals surface area contributed by atoms with Crippen LogP contribution in [-0.4, -0.2) is 12.6 Å². The summed E-state index contributed by atoms with van der Waals surface area (Å²) < 4.78 is 10.7. The highest BCUT2D eigenvalue weighted by atomic mass is 16.6. The number of hydrogen-bond acceptors (Lipinski definition) is 5. The molecule has 0 aliphatic carbocycles. The number of benzene rings is 2. The zero-order valence-corrected chi connectivity index (χ0v) is 15.5. The van der Waals surface area contributed by atoms with Gasteiger partial charge in [0.2, 0.25) is 0 Å². The van der Waals surface area contributed by atoms with Crippen LogP contribution >= 0.6 is 0 Å². The molecule has 5 nitrogen and oxygen atoms in total. The Kier molecular flexibility index (Phi) is 6.36. The van der Waals surface area contributed by atoms with Gasteiger partial charge in [-0.2, -0.15) is 10.5 Å². The van der Waals surface area contributed by atoms with Crippen molar-refractivity contribution in [1.29, 1.82) is 10.5 Å². The maximum Gasteiger partial charge on any atom is 0.349 e. The number of carbonyl (C=O) groups excluding carboxylic acids is 1. The number of esters is 1. The van der Waals surface area contributed by atoms with Gasteiger partial charge in [0.25, 0.3) is 0 Å². The molecule has 0 heterocycles. The van der Waals surface area contributed by atoms with Crippen molar-refractivity contribution < 1.29 is 14.3 Å². The topological polar surface area (TPSA) is 83.1 Å². The lowest BCUT2D eigenvalue weighted by Gasteiger charge is -2.19. The molecular weight excluding hydrogens is 340 g/mol. The van der Waals surface area contributed by atoms with Gasteiger partial charge in [-0.05, 0) is 46.9 Å². The van der Waals surface area contributed by atoms with Crippen molar-refractivity contribution in [3.8, 4) is 23.6 Å². The van der Waals surface area contributed by atoms with Gasteiger partial charge in [0.1, 0.15) is 29.2 Å². The van der Waals surface area contributed by atoms with E-state index in [2.05, 4.69) is 20.8 Å². The lowest BCUT2D eigenvalue weighted by atomic mass is 9.87. The fourth-order valence-electron chi connectivity index (χ4n) is 2.24. The first-order valence-electron chi connectivity index (χ1n) is 8.38. The number of nitrogens with zero attached hydrogens (tertiary/aromatic N) is 2. The highest BCUT2D eigenvalue weighted by molar-refractivity contribution is 5.74. The van der Waals surface area contributed by atoms with Crippen molar-refractivity contribution in [2.24, 2.45) is 0 Å². The monoisotopic (exact) mass is 360 g/mol. The van der Waals surface area contributed by atoms with Crippen LogP contribution in [0.4, 0.5) is 0 Å². The second-order valence-corrected chi connectivity index (χ2v) is 6.89. The summed E-state index contributed by atoms with van der Waals surface area (Å²) in [5.74, 6) is 0.438. The summed E-state index contributed by atoms with van der Waals surface area (Å²) in [7, 11) is 0. The Morgan fingerprint density at radius 1 is 0.963 bits per heavy atom. The van der Waals surface area contributed by atoms with Crippen molar-refractivity contribution >= 4 is 12.0 Å². The van der Waals surface area contributed by atoms with E-state index in [1.165, 1.54) is 11.6 Å². The van der Waals surface area contributed by atoms with Gasteiger partial charge < -0.3 is 9.47 Å². The van der Waals surface area contributed by atoms with E-state index in [0.717, 1.165) is 0 Å². The van der Waals surface area contributed by atoms with Gasteiger partial charge in [-0.15, -0.1) is 0 Å². The number of rotatable bonds is 5. The van der Waals surface area contributed by atoms with Crippen molar-refractivity contribution in [2.45, 2.75) is 26.2 Å². The summed E-state index contributed by atoms with van der Waals surface area (Å²) >= 11 is 0. The van der Waals surface area contributed by atoms with Crippen LogP contribution in [0.1, 0.15) is 31.9 Å². The molecule has 5 heteroatoms. The van der Waals surface area contributed by atoms with Gasteiger partial charge in [-0.3, -0.25) is 0 Å². The molecule has 0 amide bonds. The Bertz CT molecular complexity index is 891. The minimum atomic E-state index is -0.520. The third-order valence-electron chi connectivity index (χ3n) is 3.74. The SMILES string of the molecule is CC(C)(C)c1ccc(OCC(=O)Oc2ccc(C=C(C#N)C#N)cc2)cc1. The van der Waals surface area contributed by atoms with E-state index in [4.69, 9.17) is 20.0 Å². The molecule has 136 valence electrons. The Morgan fingerprint density at radius 2 is 1.52 bits per heavy atom. The lowest BCUT2D eigenvalue weighted by Crippen LogP contribution is -2.17. The van der Waals surface area contributed by atoms with Gasteiger partial charge >= 0.3 is 5.97 Å². The van der Waals surface area contributed by atoms with E-state index >= 15 is 0 Å². The molecule has 0 spiro atoms. The molecule has 0 saturated carbocycles. The smallest absolute Gasteiger partial charge is 0.349 e. The number of ether oxygens (including phenoxy) is 2. The fraction of sp³-hybridized carbons (Fsp3) is 0.227. The summed E-state index contributed by atoms with van der Waals surface area (Å²) in [6.45, 7) is 6.18. The quantitative estimate of drug-likeness (QED) is 0.448. The highest BCUT2D eigenvalue weighted by Crippen LogP contribution is 2.24. The zero-order chi connectivity index (χ0) is 19.9. The van der Waals surface area contributed by atoms with E-state index in [1.807, 2.05) is 24.3 Å². The second-order valence-electron chi connectivity index (χ2n) is 6.89. The first-order chi connectivity index (χ1) is 12.8. The number of hydrogen-bond donors (Lipinski definition) is 0. The number of nitriles is 2. The molecule has 0 N–H and O–H groups in total. The molecular formula is C22H20N2O3. The fourth-order valence-corrected chi connectivity index (χ4v) is 2.24. The molecule has 0 saturated heterocycles. The van der Waals surface area contributed by atoms with Gasteiger partial charge in [0.15, 0.2) is 6.61 Å². The average Bonchev–Trinajstić information content (AvgIpc) is 2.65. The van der Waals surface area contributed by atoms with E-state index < -0.39 is 5.97 Å². The minimum Gasteiger partial charge on any atom is -0.482 e. The third-order valence-corrected chi connectivity index (χ3v) is 3.74. The molecule has 27 heavy (non-hydrogen) atoms. The molecule has 2 aromatic rings. The molecule has 0 unspecified atom stereocenters. The predicted octanol–water partition coefficient (Wildman–Crippen LogP) is 4.40. The van der Waals surface area contributed by atoms with Crippen LogP contribution in [-0.2, 0) is 10.2 Å². The van der Waals surface area contributed by atoms with Crippen LogP contribution in [0.5, 0.6) is 11.5 Å². The van der Waals surface area contributed by atoms with Crippen molar-refractivity contribution in [3.05, 3.63) is 65.2 Å². The van der Waals surface area contributed by atoms with Crippen LogP contribution in [0.15, 0.2) is 54.1 Å². The molecule has 0 aliphatic rings. The van der Waals surface area contributed by atoms with Crippen LogP contribution in [0, 0.1) is 22.7 Å². The summed E-state index contributed by atoms with van der Waals surface area (Å²) in [5, 5.41) is 17.5. The second kappa shape index (κ2) is 8.69. The van der Waals surface area contributed by atoms with E-state index in [1.54, 1.807) is 36.4 Å². The Labute approximate surface area is 159 Å². The summed E-state index contributed by atoms with van der Waals surface area (Å²) in [5.41, 5.74) is 1.91. The molecule has 0 aromatic heterocycles. The third kappa shape index (κ3) is 6.02. The highest BCUT2D eigenvalue weighted by Gasteiger charge is 2.13. The maximum atomic E-state index is 11.9. The normalized spacial score (nSPS) is 10.3. The van der Waals surface area contributed by atoms with Crippen molar-refractivity contribution in [2.75, 3.05) is 6.61 Å². The minimum absolute atomic E-state index is 0.00521. The summed E-state index contributed by atoms with van der Waals surface area (Å²) in [4.78, 5) is 11.9.